The minimum absolute atomic E-state index is 0.249. The van der Waals surface area contributed by atoms with Crippen LogP contribution in [0.15, 0.2) is 30.3 Å². The topological polar surface area (TPSA) is 72.5 Å². The van der Waals surface area contributed by atoms with Gasteiger partial charge in [-0.25, -0.2) is 0 Å². The molecule has 0 spiro atoms. The lowest BCUT2D eigenvalue weighted by Crippen LogP contribution is -2.14. The maximum Gasteiger partial charge on any atom is 0.193 e. The Labute approximate surface area is 259 Å². The van der Waals surface area contributed by atoms with Crippen LogP contribution in [-0.2, 0) is 0 Å². The molecule has 7 heteroatoms. The van der Waals surface area contributed by atoms with Crippen molar-refractivity contribution in [3.05, 3.63) is 41.5 Å². The number of benzene rings is 2. The highest BCUT2D eigenvalue weighted by Crippen LogP contribution is 2.41. The summed E-state index contributed by atoms with van der Waals surface area (Å²) in [5.41, 5.74) is 1.01. The molecule has 0 aliphatic carbocycles. The predicted molar refractivity (Wildman–Crippen MR) is 174 cm³/mol. The van der Waals surface area contributed by atoms with E-state index in [0.717, 1.165) is 0 Å². The number of methoxy groups -OCH3 is 1. The van der Waals surface area contributed by atoms with E-state index >= 15 is 0 Å². The van der Waals surface area contributed by atoms with Crippen LogP contribution < -0.4 is 28.4 Å². The molecule has 43 heavy (non-hydrogen) atoms. The summed E-state index contributed by atoms with van der Waals surface area (Å²) in [4.78, 5) is 14.1. The van der Waals surface area contributed by atoms with Crippen molar-refractivity contribution in [1.82, 2.24) is 0 Å². The molecule has 7 nitrogen and oxygen atoms in total. The first-order valence-corrected chi connectivity index (χ1v) is 15.6. The highest BCUT2D eigenvalue weighted by atomic mass is 16.5. The van der Waals surface area contributed by atoms with Crippen molar-refractivity contribution in [2.24, 2.45) is 29.6 Å². The van der Waals surface area contributed by atoms with E-state index in [4.69, 9.17) is 28.4 Å². The van der Waals surface area contributed by atoms with Crippen LogP contribution in [0.5, 0.6) is 34.5 Å². The Bertz CT molecular complexity index is 1180. The lowest BCUT2D eigenvalue weighted by molar-refractivity contribution is 0.103. The predicted octanol–water partition coefficient (Wildman–Crippen LogP) is 8.77. The highest BCUT2D eigenvalue weighted by molar-refractivity contribution is 6.11. The third kappa shape index (κ3) is 12.0. The second kappa shape index (κ2) is 17.7. The minimum Gasteiger partial charge on any atom is -0.493 e. The summed E-state index contributed by atoms with van der Waals surface area (Å²) in [6.07, 6.45) is 3.26. The van der Waals surface area contributed by atoms with Crippen molar-refractivity contribution >= 4 is 11.9 Å². The summed E-state index contributed by atoms with van der Waals surface area (Å²) in [6, 6.07) is 7.32. The minimum atomic E-state index is -0.269. The van der Waals surface area contributed by atoms with E-state index in [-0.39, 0.29) is 17.6 Å². The molecule has 0 N–H and O–H groups in total. The average molecular weight is 599 g/mol. The molecule has 0 heterocycles. The number of carbonyl (C=O) groups excluding carboxylic acids is 1. The van der Waals surface area contributed by atoms with Gasteiger partial charge in [-0.05, 0) is 59.9 Å². The molecule has 0 unspecified atom stereocenters. The Morgan fingerprint density at radius 1 is 0.605 bits per heavy atom. The van der Waals surface area contributed by atoms with Gasteiger partial charge in [0.2, 0.25) is 0 Å². The van der Waals surface area contributed by atoms with E-state index < -0.39 is 0 Å². The molecular formula is C36H54O7. The first kappa shape index (κ1) is 35.8. The first-order chi connectivity index (χ1) is 20.3. The molecule has 0 aliphatic heterocycles. The van der Waals surface area contributed by atoms with Crippen molar-refractivity contribution in [1.29, 1.82) is 0 Å². The SMILES string of the molecule is COc1cc(OCC(C)C)cc(C=CC(=O)c2c(OCC(C)C)ccc(OCC(C)C)c2OCC(C)C)c1OCC(C)C. The van der Waals surface area contributed by atoms with Crippen LogP contribution in [0.1, 0.15) is 85.2 Å². The van der Waals surface area contributed by atoms with Crippen molar-refractivity contribution in [2.45, 2.75) is 69.2 Å². The Morgan fingerprint density at radius 3 is 1.60 bits per heavy atom. The molecular weight excluding hydrogens is 544 g/mol. The second-order valence-electron chi connectivity index (χ2n) is 13.0. The van der Waals surface area contributed by atoms with Gasteiger partial charge in [-0.1, -0.05) is 69.2 Å². The molecule has 0 saturated carbocycles. The summed E-state index contributed by atoms with van der Waals surface area (Å²) in [6.45, 7) is 23.2. The second-order valence-corrected chi connectivity index (χ2v) is 13.0. The number of allylic oxidation sites excluding steroid dienone is 1. The van der Waals surface area contributed by atoms with Crippen LogP contribution in [0.3, 0.4) is 0 Å². The smallest absolute Gasteiger partial charge is 0.193 e. The lowest BCUT2D eigenvalue weighted by Gasteiger charge is -2.20. The van der Waals surface area contributed by atoms with Crippen molar-refractivity contribution in [3.63, 3.8) is 0 Å². The van der Waals surface area contributed by atoms with E-state index in [9.17, 15) is 4.79 Å². The molecule has 240 valence electrons. The summed E-state index contributed by atoms with van der Waals surface area (Å²) in [5.74, 6) is 4.32. The quantitative estimate of drug-likeness (QED) is 0.118. The molecule has 2 aromatic carbocycles. The van der Waals surface area contributed by atoms with Gasteiger partial charge in [-0.2, -0.15) is 0 Å². The largest absolute Gasteiger partial charge is 0.493 e. The zero-order valence-corrected chi connectivity index (χ0v) is 28.2. The van der Waals surface area contributed by atoms with Gasteiger partial charge in [0.05, 0.1) is 40.1 Å². The summed E-state index contributed by atoms with van der Waals surface area (Å²) in [7, 11) is 1.60. The molecule has 0 amide bonds. The van der Waals surface area contributed by atoms with Crippen LogP contribution in [0.4, 0.5) is 0 Å². The van der Waals surface area contributed by atoms with Gasteiger partial charge in [-0.3, -0.25) is 4.79 Å². The fourth-order valence-electron chi connectivity index (χ4n) is 3.79. The highest BCUT2D eigenvalue weighted by Gasteiger charge is 2.24. The zero-order chi connectivity index (χ0) is 32.1. The number of rotatable bonds is 19. The Kier molecular flexibility index (Phi) is 14.7. The van der Waals surface area contributed by atoms with Gasteiger partial charge in [0.15, 0.2) is 28.8 Å². The number of hydrogen-bond acceptors (Lipinski definition) is 7. The Hall–Kier alpha value is -3.35. The summed E-state index contributed by atoms with van der Waals surface area (Å²) < 4.78 is 36.4. The van der Waals surface area contributed by atoms with Crippen molar-refractivity contribution in [3.8, 4) is 34.5 Å². The van der Waals surface area contributed by atoms with E-state index in [2.05, 4.69) is 69.2 Å². The molecule has 0 saturated heterocycles. The van der Waals surface area contributed by atoms with Crippen molar-refractivity contribution in [2.75, 3.05) is 40.1 Å². The molecule has 2 aromatic rings. The molecule has 0 fully saturated rings. The van der Waals surface area contributed by atoms with E-state index in [0.29, 0.717) is 96.4 Å². The standard InChI is InChI=1S/C36H54O7/c1-23(2)18-39-29-16-28(35(33(17-29)38-11)42-21-26(7)8)12-13-30(37)34-31(40-19-24(3)4)14-15-32(41-20-25(5)6)36(34)43-22-27(9)10/h12-17,23-27H,18-22H2,1-11H3. The van der Waals surface area contributed by atoms with Crippen LogP contribution >= 0.6 is 0 Å². The van der Waals surface area contributed by atoms with Gasteiger partial charge in [0.1, 0.15) is 17.1 Å². The third-order valence-corrected chi connectivity index (χ3v) is 5.87. The molecule has 0 aliphatic rings. The van der Waals surface area contributed by atoms with Gasteiger partial charge in [-0.15, -0.1) is 0 Å². The first-order valence-electron chi connectivity index (χ1n) is 15.6. The summed E-state index contributed by atoms with van der Waals surface area (Å²) >= 11 is 0. The fourth-order valence-corrected chi connectivity index (χ4v) is 3.79. The van der Waals surface area contributed by atoms with E-state index in [1.54, 1.807) is 19.3 Å². The van der Waals surface area contributed by atoms with Gasteiger partial charge < -0.3 is 28.4 Å². The van der Waals surface area contributed by atoms with Crippen LogP contribution in [0, 0.1) is 29.6 Å². The van der Waals surface area contributed by atoms with Crippen molar-refractivity contribution < 1.29 is 33.2 Å². The lowest BCUT2D eigenvalue weighted by atomic mass is 10.0. The number of hydrogen-bond donors (Lipinski definition) is 0. The molecule has 0 radical (unpaired) electrons. The fraction of sp³-hybridized carbons (Fsp3) is 0.583. The maximum absolute atomic E-state index is 14.1. The van der Waals surface area contributed by atoms with Gasteiger partial charge in [0, 0.05) is 11.6 Å². The van der Waals surface area contributed by atoms with E-state index in [1.165, 1.54) is 6.08 Å². The summed E-state index contributed by atoms with van der Waals surface area (Å²) in [5, 5.41) is 0. The molecule has 0 bridgehead atoms. The molecule has 0 aromatic heterocycles. The number of ether oxygens (including phenoxy) is 6. The Balaban J connectivity index is 2.66. The van der Waals surface area contributed by atoms with Crippen LogP contribution in [-0.4, -0.2) is 45.9 Å². The van der Waals surface area contributed by atoms with Crippen LogP contribution in [0.2, 0.25) is 0 Å². The third-order valence-electron chi connectivity index (χ3n) is 5.87. The van der Waals surface area contributed by atoms with E-state index in [1.807, 2.05) is 18.2 Å². The zero-order valence-electron chi connectivity index (χ0n) is 28.2. The van der Waals surface area contributed by atoms with Gasteiger partial charge >= 0.3 is 0 Å². The normalized spacial score (nSPS) is 11.7. The molecule has 0 atom stereocenters. The number of ketones is 1. The average Bonchev–Trinajstić information content (AvgIpc) is 2.94. The molecule has 2 rings (SSSR count). The maximum atomic E-state index is 14.1. The van der Waals surface area contributed by atoms with Gasteiger partial charge in [0.25, 0.3) is 0 Å². The Morgan fingerprint density at radius 2 is 1.07 bits per heavy atom. The van der Waals surface area contributed by atoms with Crippen LogP contribution in [0.25, 0.3) is 6.08 Å². The monoisotopic (exact) mass is 598 g/mol. The number of carbonyl (C=O) groups is 1.